The summed E-state index contributed by atoms with van der Waals surface area (Å²) in [6.45, 7) is 24.4. The zero-order valence-electron chi connectivity index (χ0n) is 39.7. The van der Waals surface area contributed by atoms with Gasteiger partial charge in [0.2, 0.25) is 0 Å². The van der Waals surface area contributed by atoms with E-state index < -0.39 is 36.3 Å². The smallest absolute Gasteiger partial charge is 0.407 e. The average Bonchev–Trinajstić information content (AvgIpc) is 3.89. The summed E-state index contributed by atoms with van der Waals surface area (Å²) in [5.41, 5.74) is -0.155. The van der Waals surface area contributed by atoms with Crippen LogP contribution in [0.3, 0.4) is 0 Å². The number of hydrogen-bond acceptors (Lipinski definition) is 12. The molecule has 0 radical (unpaired) electrons. The molecule has 5 saturated carbocycles. The number of carbonyl (C=O) groups is 6. The molecule has 0 aromatic heterocycles. The van der Waals surface area contributed by atoms with E-state index >= 15 is 0 Å². The largest absolute Gasteiger partial charge is 0.459 e. The van der Waals surface area contributed by atoms with Gasteiger partial charge in [0.25, 0.3) is 0 Å². The van der Waals surface area contributed by atoms with Gasteiger partial charge in [0.05, 0.1) is 13.2 Å². The quantitative estimate of drug-likeness (QED) is 0.0454. The van der Waals surface area contributed by atoms with Crippen LogP contribution in [-0.4, -0.2) is 101 Å². The van der Waals surface area contributed by atoms with Crippen molar-refractivity contribution in [2.75, 3.05) is 52.7 Å². The second-order valence-electron chi connectivity index (χ2n) is 22.1. The van der Waals surface area contributed by atoms with Crippen molar-refractivity contribution in [3.8, 4) is 0 Å². The fourth-order valence-electron chi connectivity index (χ4n) is 12.6. The first kappa shape index (κ1) is 50.5. The van der Waals surface area contributed by atoms with Crippen molar-refractivity contribution in [1.82, 2.24) is 21.3 Å². The van der Waals surface area contributed by atoms with Crippen LogP contribution in [0.25, 0.3) is 0 Å². The number of alkyl carbamates (subject to hydrolysis) is 4. The van der Waals surface area contributed by atoms with Gasteiger partial charge in [-0.3, -0.25) is 0 Å². The SMILES string of the molecule is C=C(C)C(=O)OCCOC(=O)NC1CC(C)(C)CC(C)(CNC(=O)OCC2CC3C4CC(COC(=O)NCC5(C)CC(NC(=O)OCCOC(=O)C(=C)C)CC(C)(C)C5)C(C4)C3C2)C1. The Bertz CT molecular complexity index is 1750. The van der Waals surface area contributed by atoms with Crippen molar-refractivity contribution in [2.45, 2.75) is 132 Å². The molecule has 5 fully saturated rings. The molecule has 0 spiro atoms. The maximum absolute atomic E-state index is 13.1. The second kappa shape index (κ2) is 21.2. The summed E-state index contributed by atoms with van der Waals surface area (Å²) < 4.78 is 32.1. The van der Waals surface area contributed by atoms with Crippen molar-refractivity contribution >= 4 is 36.3 Å². The van der Waals surface area contributed by atoms with Gasteiger partial charge in [-0.15, -0.1) is 0 Å². The lowest BCUT2D eigenvalue weighted by atomic mass is 9.62. The number of fused-ring (bicyclic) bond motifs is 5. The summed E-state index contributed by atoms with van der Waals surface area (Å²) in [5, 5.41) is 12.0. The minimum Gasteiger partial charge on any atom is -0.459 e. The van der Waals surface area contributed by atoms with Gasteiger partial charge in [-0.25, -0.2) is 28.8 Å². The Labute approximate surface area is 379 Å². The summed E-state index contributed by atoms with van der Waals surface area (Å²) in [6.07, 6.45) is 6.86. The molecule has 64 heavy (non-hydrogen) atoms. The van der Waals surface area contributed by atoms with E-state index in [9.17, 15) is 28.8 Å². The van der Waals surface area contributed by atoms with E-state index in [-0.39, 0.29) is 71.3 Å². The first-order chi connectivity index (χ1) is 29.9. The molecular weight excluding hydrogens is 825 g/mol. The van der Waals surface area contributed by atoms with Gasteiger partial charge in [-0.2, -0.15) is 0 Å². The van der Waals surface area contributed by atoms with Gasteiger partial charge in [0.15, 0.2) is 0 Å². The van der Waals surface area contributed by atoms with Crippen LogP contribution in [0.5, 0.6) is 0 Å². The zero-order chi connectivity index (χ0) is 47.0. The number of esters is 2. The predicted molar refractivity (Wildman–Crippen MR) is 238 cm³/mol. The van der Waals surface area contributed by atoms with Crippen LogP contribution in [0.15, 0.2) is 24.3 Å². The summed E-state index contributed by atoms with van der Waals surface area (Å²) in [5.74, 6) is 1.82. The summed E-state index contributed by atoms with van der Waals surface area (Å²) >= 11 is 0. The molecule has 4 amide bonds. The van der Waals surface area contributed by atoms with E-state index in [0.29, 0.717) is 74.7 Å². The van der Waals surface area contributed by atoms with Crippen LogP contribution in [0, 0.1) is 57.2 Å². The van der Waals surface area contributed by atoms with Crippen molar-refractivity contribution in [1.29, 1.82) is 0 Å². The number of hydrogen-bond donors (Lipinski definition) is 4. The summed E-state index contributed by atoms with van der Waals surface area (Å²) in [6, 6.07) is -0.298. The molecule has 5 aliphatic carbocycles. The Morgan fingerprint density at radius 2 is 0.953 bits per heavy atom. The lowest BCUT2D eigenvalue weighted by Crippen LogP contribution is -2.50. The van der Waals surface area contributed by atoms with Crippen LogP contribution in [-0.2, 0) is 38.0 Å². The molecule has 5 rings (SSSR count). The number of amides is 4. The topological polar surface area (TPSA) is 206 Å². The third kappa shape index (κ3) is 14.8. The Kier molecular flexibility index (Phi) is 16.7. The number of nitrogens with one attached hydrogen (secondary N) is 4. The van der Waals surface area contributed by atoms with Crippen LogP contribution in [0.4, 0.5) is 19.2 Å². The van der Waals surface area contributed by atoms with Gasteiger partial charge >= 0.3 is 36.3 Å². The highest BCUT2D eigenvalue weighted by atomic mass is 16.6. The fourth-order valence-corrected chi connectivity index (χ4v) is 12.6. The molecule has 0 aromatic rings. The standard InChI is InChI=1S/C48H76N4O12/c1-29(2)39(53)59-11-13-61-43(57)51-34-19-45(5,6)25-47(9,21-34)27-49-41(55)63-23-31-15-36-32-17-33(37(18-32)38(36)16-31)24-64-42(56)50-28-48(10)22-35(20-46(7,8)26-48)52-44(58)62-14-12-60-40(54)30(3)4/h31-38H,1,3,11-28H2,2,4-10H3,(H,49,55)(H,50,56)(H,51,57)(H,52,58). The van der Waals surface area contributed by atoms with Gasteiger partial charge in [-0.1, -0.05) is 54.7 Å². The normalized spacial score (nSPS) is 31.9. The zero-order valence-corrected chi connectivity index (χ0v) is 39.7. The van der Waals surface area contributed by atoms with E-state index in [1.54, 1.807) is 13.8 Å². The van der Waals surface area contributed by atoms with Crippen molar-refractivity contribution in [3.05, 3.63) is 24.3 Å². The molecule has 2 bridgehead atoms. The molecular formula is C48H76N4O12. The lowest BCUT2D eigenvalue weighted by Gasteiger charge is -2.46. The van der Waals surface area contributed by atoms with E-state index in [1.807, 2.05) is 0 Å². The van der Waals surface area contributed by atoms with Gasteiger partial charge in [-0.05, 0) is 135 Å². The third-order valence-corrected chi connectivity index (χ3v) is 14.2. The molecule has 4 N–H and O–H groups in total. The fraction of sp³-hybridized carbons (Fsp3) is 0.792. The summed E-state index contributed by atoms with van der Waals surface area (Å²) in [4.78, 5) is 74.3. The van der Waals surface area contributed by atoms with Crippen molar-refractivity contribution < 1.29 is 57.2 Å². The first-order valence-corrected chi connectivity index (χ1v) is 23.3. The van der Waals surface area contributed by atoms with Gasteiger partial charge < -0.3 is 49.7 Å². The maximum atomic E-state index is 13.1. The molecule has 360 valence electrons. The monoisotopic (exact) mass is 901 g/mol. The lowest BCUT2D eigenvalue weighted by molar-refractivity contribution is -0.140. The van der Waals surface area contributed by atoms with E-state index in [2.05, 4.69) is 76.0 Å². The van der Waals surface area contributed by atoms with E-state index in [1.165, 1.54) is 0 Å². The minimum atomic E-state index is -0.570. The molecule has 10 unspecified atom stereocenters. The average molecular weight is 901 g/mol. The molecule has 0 saturated heterocycles. The minimum absolute atomic E-state index is 0.0499. The van der Waals surface area contributed by atoms with Crippen LogP contribution < -0.4 is 21.3 Å². The third-order valence-electron chi connectivity index (χ3n) is 14.2. The van der Waals surface area contributed by atoms with Crippen LogP contribution >= 0.6 is 0 Å². The number of ether oxygens (including phenoxy) is 6. The predicted octanol–water partition coefficient (Wildman–Crippen LogP) is 7.60. The van der Waals surface area contributed by atoms with E-state index in [4.69, 9.17) is 28.4 Å². The highest BCUT2D eigenvalue weighted by Crippen LogP contribution is 2.62. The number of rotatable bonds is 18. The van der Waals surface area contributed by atoms with E-state index in [0.717, 1.165) is 51.4 Å². The summed E-state index contributed by atoms with van der Waals surface area (Å²) in [7, 11) is 0. The number of carbonyl (C=O) groups excluding carboxylic acids is 6. The Hall–Kier alpha value is -4.50. The molecule has 16 heteroatoms. The molecule has 5 aliphatic rings. The van der Waals surface area contributed by atoms with Gasteiger partial charge in [0.1, 0.15) is 26.4 Å². The first-order valence-electron chi connectivity index (χ1n) is 23.3. The van der Waals surface area contributed by atoms with Gasteiger partial charge in [0, 0.05) is 36.3 Å². The maximum Gasteiger partial charge on any atom is 0.407 e. The highest BCUT2D eigenvalue weighted by Gasteiger charge is 2.56. The van der Waals surface area contributed by atoms with Crippen LogP contribution in [0.2, 0.25) is 0 Å². The van der Waals surface area contributed by atoms with Crippen LogP contribution in [0.1, 0.15) is 120 Å². The highest BCUT2D eigenvalue weighted by molar-refractivity contribution is 5.87. The Balaban J connectivity index is 0.982. The molecule has 16 nitrogen and oxygen atoms in total. The van der Waals surface area contributed by atoms with Crippen molar-refractivity contribution in [2.24, 2.45) is 57.2 Å². The Morgan fingerprint density at radius 3 is 1.42 bits per heavy atom. The van der Waals surface area contributed by atoms with Crippen molar-refractivity contribution in [3.63, 3.8) is 0 Å². The molecule has 0 heterocycles. The molecule has 0 aliphatic heterocycles. The Morgan fingerprint density at radius 1 is 0.516 bits per heavy atom. The second-order valence-corrected chi connectivity index (χ2v) is 22.1. The molecule has 0 aromatic carbocycles. The molecule has 10 atom stereocenters.